The normalized spacial score (nSPS) is 16.6. The van der Waals surface area contributed by atoms with E-state index in [1.165, 1.54) is 5.38 Å². The Morgan fingerprint density at radius 2 is 1.50 bits per heavy atom. The van der Waals surface area contributed by atoms with Gasteiger partial charge in [-0.3, -0.25) is 0 Å². The fraction of sp³-hybridized carbons (Fsp3) is 0.875. The molecule has 0 aromatic heterocycles. The summed E-state index contributed by atoms with van der Waals surface area (Å²) >= 11 is 3.79. The summed E-state index contributed by atoms with van der Waals surface area (Å²) in [7, 11) is -1.42. The Labute approximate surface area is 89.3 Å². The van der Waals surface area contributed by atoms with Crippen LogP contribution in [0.3, 0.4) is 0 Å². The van der Waals surface area contributed by atoms with E-state index in [9.17, 15) is 0 Å². The highest BCUT2D eigenvalue weighted by molar-refractivity contribution is 9.53. The van der Waals surface area contributed by atoms with Crippen LogP contribution in [0.1, 0.15) is 0 Å². The summed E-state index contributed by atoms with van der Waals surface area (Å²) in [5.74, 6) is 0. The lowest BCUT2D eigenvalue weighted by atomic mass is 11.7. The highest BCUT2D eigenvalue weighted by Gasteiger charge is 2.16. The summed E-state index contributed by atoms with van der Waals surface area (Å²) in [6.07, 6.45) is 0. The van der Waals surface area contributed by atoms with Crippen LogP contribution in [0.2, 0.25) is 39.3 Å². The molecule has 0 bridgehead atoms. The summed E-state index contributed by atoms with van der Waals surface area (Å²) in [4.78, 5) is 2.57. The number of hydrogen-bond acceptors (Lipinski definition) is 0. The first-order valence-electron chi connectivity index (χ1n) is 4.32. The van der Waals surface area contributed by atoms with E-state index in [0.717, 1.165) is 0 Å². The highest BCUT2D eigenvalue weighted by atomic mass is 79.9. The third-order valence-electron chi connectivity index (χ3n) is 1.05. The molecule has 0 saturated heterocycles. The molecule has 0 spiro atoms. The van der Waals surface area contributed by atoms with Crippen LogP contribution >= 0.6 is 23.7 Å². The Morgan fingerprint density at radius 1 is 1.08 bits per heavy atom. The van der Waals surface area contributed by atoms with Gasteiger partial charge in [-0.2, -0.15) is 0 Å². The van der Waals surface area contributed by atoms with Crippen LogP contribution in [0.5, 0.6) is 0 Å². The monoisotopic (exact) mass is 284 g/mol. The Morgan fingerprint density at radius 3 is 1.75 bits per heavy atom. The standard InChI is InChI=1S/C8H21BrSSi2/c1-11(2,3)7-10(9)8-12(4,5)6/h7H,8H2,1-6H3. The predicted octanol–water partition coefficient (Wildman–Crippen LogP) is 4.12. The molecule has 74 valence electrons. The van der Waals surface area contributed by atoms with Crippen molar-refractivity contribution < 1.29 is 0 Å². The number of rotatable bonds is 3. The van der Waals surface area contributed by atoms with Crippen molar-refractivity contribution >= 4 is 44.9 Å². The van der Waals surface area contributed by atoms with Gasteiger partial charge in [0.25, 0.3) is 0 Å². The molecule has 0 N–H and O–H groups in total. The van der Waals surface area contributed by atoms with Crippen molar-refractivity contribution in [1.29, 1.82) is 0 Å². The fourth-order valence-electron chi connectivity index (χ4n) is 0.839. The van der Waals surface area contributed by atoms with E-state index in [4.69, 9.17) is 0 Å². The van der Waals surface area contributed by atoms with Crippen LogP contribution in [0.25, 0.3) is 0 Å². The van der Waals surface area contributed by atoms with Crippen LogP contribution in [0.15, 0.2) is 0 Å². The van der Waals surface area contributed by atoms with Gasteiger partial charge in [-0.25, -0.2) is 0 Å². The first-order valence-corrected chi connectivity index (χ1v) is 14.9. The molecule has 0 aromatic rings. The molecular weight excluding hydrogens is 264 g/mol. The van der Waals surface area contributed by atoms with E-state index in [2.05, 4.69) is 59.1 Å². The van der Waals surface area contributed by atoms with Crippen LogP contribution < -0.4 is 0 Å². The van der Waals surface area contributed by atoms with E-state index in [1.807, 2.05) is 0 Å². The molecule has 0 saturated carbocycles. The SMILES string of the molecule is C[Si](C)(C)/C=S(\Br)C[Si](C)(C)C. The first-order chi connectivity index (χ1) is 5.10. The Bertz CT molecular complexity index is 176. The zero-order chi connectivity index (χ0) is 9.99. The largest absolute Gasteiger partial charge is 0.129 e. The average Bonchev–Trinajstić information content (AvgIpc) is 1.49. The van der Waals surface area contributed by atoms with Crippen molar-refractivity contribution in [2.75, 3.05) is 5.38 Å². The Hall–Kier alpha value is 1.13. The van der Waals surface area contributed by atoms with Crippen LogP contribution in [-0.2, 0) is 0 Å². The molecule has 0 aromatic carbocycles. The van der Waals surface area contributed by atoms with E-state index >= 15 is 0 Å². The van der Waals surface area contributed by atoms with Crippen LogP contribution in [0.4, 0.5) is 0 Å². The summed E-state index contributed by atoms with van der Waals surface area (Å²) in [5, 5.41) is 1.40. The maximum absolute atomic E-state index is 3.79. The minimum Gasteiger partial charge on any atom is -0.129 e. The third kappa shape index (κ3) is 9.22. The Kier molecular flexibility index (Phi) is 5.01. The summed E-state index contributed by atoms with van der Waals surface area (Å²) in [6.45, 7) is 14.5. The molecular formula is C8H21BrSSi2. The summed E-state index contributed by atoms with van der Waals surface area (Å²) < 4.78 is 0. The molecule has 0 fully saturated rings. The summed E-state index contributed by atoms with van der Waals surface area (Å²) in [5.41, 5.74) is 0. The van der Waals surface area contributed by atoms with Gasteiger partial charge < -0.3 is 0 Å². The average molecular weight is 285 g/mol. The maximum Gasteiger partial charge on any atom is 0.0763 e. The van der Waals surface area contributed by atoms with Gasteiger partial charge >= 0.3 is 0 Å². The molecule has 0 nitrogen and oxygen atoms in total. The molecule has 0 radical (unpaired) electrons. The van der Waals surface area contributed by atoms with Gasteiger partial charge in [0.05, 0.1) is 16.1 Å². The van der Waals surface area contributed by atoms with Crippen molar-refractivity contribution in [2.45, 2.75) is 39.3 Å². The van der Waals surface area contributed by atoms with Gasteiger partial charge in [-0.1, -0.05) is 44.3 Å². The van der Waals surface area contributed by atoms with Crippen LogP contribution in [-0.4, -0.2) is 26.5 Å². The van der Waals surface area contributed by atoms with Gasteiger partial charge in [0.15, 0.2) is 0 Å². The van der Waals surface area contributed by atoms with E-state index in [-0.39, 0.29) is 0 Å². The second-order valence-corrected chi connectivity index (χ2v) is 20.7. The fourth-order valence-corrected chi connectivity index (χ4v) is 19.5. The molecule has 0 rings (SSSR count). The molecule has 0 heterocycles. The van der Waals surface area contributed by atoms with E-state index in [0.29, 0.717) is 8.92 Å². The number of hydrogen-bond donors (Lipinski definition) is 0. The molecule has 0 aliphatic rings. The second-order valence-electron chi connectivity index (χ2n) is 5.55. The lowest BCUT2D eigenvalue weighted by molar-refractivity contribution is 1.68. The highest BCUT2D eigenvalue weighted by Crippen LogP contribution is 2.27. The zero-order valence-corrected chi connectivity index (χ0v) is 13.5. The van der Waals surface area contributed by atoms with Gasteiger partial charge in [0, 0.05) is 0 Å². The quantitative estimate of drug-likeness (QED) is 0.540. The molecule has 4 heteroatoms. The van der Waals surface area contributed by atoms with Gasteiger partial charge in [0.1, 0.15) is 0 Å². The molecule has 0 aliphatic carbocycles. The minimum absolute atomic E-state index is 0.402. The lowest BCUT2D eigenvalue weighted by Crippen LogP contribution is -2.27. The second kappa shape index (κ2) is 4.57. The smallest absolute Gasteiger partial charge is 0.0763 e. The van der Waals surface area contributed by atoms with Crippen LogP contribution in [0, 0.1) is 0 Å². The van der Waals surface area contributed by atoms with Crippen molar-refractivity contribution in [3.63, 3.8) is 0 Å². The number of halogens is 1. The lowest BCUT2D eigenvalue weighted by Gasteiger charge is -2.18. The third-order valence-corrected chi connectivity index (χ3v) is 13.2. The zero-order valence-electron chi connectivity index (χ0n) is 9.07. The molecule has 0 aliphatic heterocycles. The van der Waals surface area contributed by atoms with Crippen molar-refractivity contribution in [2.24, 2.45) is 0 Å². The minimum atomic E-state index is -0.957. The van der Waals surface area contributed by atoms with Gasteiger partial charge in [-0.15, -0.1) is 8.92 Å². The van der Waals surface area contributed by atoms with Crippen molar-refractivity contribution in [3.05, 3.63) is 0 Å². The molecule has 1 unspecified atom stereocenters. The first kappa shape index (κ1) is 13.1. The van der Waals surface area contributed by atoms with E-state index in [1.54, 1.807) is 0 Å². The van der Waals surface area contributed by atoms with E-state index < -0.39 is 16.1 Å². The summed E-state index contributed by atoms with van der Waals surface area (Å²) in [6, 6.07) is 0. The topological polar surface area (TPSA) is 0 Å². The Balaban J connectivity index is 4.23. The molecule has 0 amide bonds. The van der Waals surface area contributed by atoms with Crippen molar-refractivity contribution in [1.82, 2.24) is 0 Å². The van der Waals surface area contributed by atoms with Gasteiger partial charge in [0.2, 0.25) is 0 Å². The van der Waals surface area contributed by atoms with Gasteiger partial charge in [-0.05, 0) is 20.2 Å². The maximum atomic E-state index is 3.79. The molecule has 1 atom stereocenters. The molecule has 12 heavy (non-hydrogen) atoms. The predicted molar refractivity (Wildman–Crippen MR) is 74.1 cm³/mol. The van der Waals surface area contributed by atoms with Crippen molar-refractivity contribution in [3.8, 4) is 0 Å².